The van der Waals surface area contributed by atoms with Gasteiger partial charge < -0.3 is 5.32 Å². The number of pyridine rings is 1. The third-order valence-electron chi connectivity index (χ3n) is 4.77. The topological polar surface area (TPSA) is 112 Å². The van der Waals surface area contributed by atoms with Crippen molar-refractivity contribution in [3.8, 4) is 22.5 Å². The maximum Gasteiger partial charge on any atom is 0.267 e. The maximum atomic E-state index is 13.1. The first kappa shape index (κ1) is 21.8. The molecule has 0 aliphatic rings. The van der Waals surface area contributed by atoms with Crippen molar-refractivity contribution in [1.82, 2.24) is 29.9 Å². The van der Waals surface area contributed by atoms with Gasteiger partial charge in [-0.15, -0.1) is 0 Å². The Morgan fingerprint density at radius 1 is 0.848 bits per heavy atom. The van der Waals surface area contributed by atoms with Crippen LogP contribution in [0.1, 0.15) is 0 Å². The van der Waals surface area contributed by atoms with Crippen molar-refractivity contribution < 1.29 is 9.18 Å². The Labute approximate surface area is 187 Å². The molecule has 0 fully saturated rings. The number of rotatable bonds is 7. The van der Waals surface area contributed by atoms with Crippen LogP contribution in [0.5, 0.6) is 0 Å². The molecule has 1 N–H and O–H groups in total. The van der Waals surface area contributed by atoms with Crippen LogP contribution in [0, 0.1) is 5.82 Å². The lowest BCUT2D eigenvalue weighted by atomic mass is 10.1. The first-order chi connectivity index (χ1) is 16.0. The fraction of sp³-hybridized carbons (Fsp3) is 0.130. The summed E-state index contributed by atoms with van der Waals surface area (Å²) in [6.07, 6.45) is 3.24. The fourth-order valence-electron chi connectivity index (χ4n) is 3.11. The molecule has 0 aliphatic heterocycles. The molecule has 0 bridgehead atoms. The largest absolute Gasteiger partial charge is 0.353 e. The summed E-state index contributed by atoms with van der Waals surface area (Å²) in [4.78, 5) is 40.6. The van der Waals surface area contributed by atoms with E-state index in [0.717, 1.165) is 10.2 Å². The summed E-state index contributed by atoms with van der Waals surface area (Å²) in [6.45, 7) is -0.0296. The van der Waals surface area contributed by atoms with Crippen LogP contribution in [0.3, 0.4) is 0 Å². The minimum atomic E-state index is -0.435. The Morgan fingerprint density at radius 3 is 2.21 bits per heavy atom. The Bertz CT molecular complexity index is 1380. The second-order valence-corrected chi connectivity index (χ2v) is 7.09. The van der Waals surface area contributed by atoms with Crippen molar-refractivity contribution in [2.75, 3.05) is 6.54 Å². The SMILES string of the molecule is O=C(Cn1nc(-c2cccnc2)ccc1=O)NCCn1nc(-c2ccc(F)cc2)ccc1=O. The number of amides is 1. The molecule has 4 aromatic rings. The first-order valence-corrected chi connectivity index (χ1v) is 10.1. The summed E-state index contributed by atoms with van der Waals surface area (Å²) in [5, 5.41) is 11.2. The van der Waals surface area contributed by atoms with E-state index in [1.165, 1.54) is 28.9 Å². The van der Waals surface area contributed by atoms with Crippen LogP contribution in [0.2, 0.25) is 0 Å². The fourth-order valence-corrected chi connectivity index (χ4v) is 3.11. The summed E-state index contributed by atoms with van der Waals surface area (Å²) >= 11 is 0. The molecule has 1 aromatic carbocycles. The molecule has 0 spiro atoms. The van der Waals surface area contributed by atoms with E-state index in [4.69, 9.17) is 0 Å². The summed E-state index contributed by atoms with van der Waals surface area (Å²) < 4.78 is 15.4. The number of nitrogens with one attached hydrogen (secondary N) is 1. The third-order valence-corrected chi connectivity index (χ3v) is 4.77. The average molecular weight is 446 g/mol. The lowest BCUT2D eigenvalue weighted by Crippen LogP contribution is -2.36. The molecule has 1 amide bonds. The van der Waals surface area contributed by atoms with Crippen molar-refractivity contribution in [2.45, 2.75) is 13.1 Å². The van der Waals surface area contributed by atoms with E-state index in [9.17, 15) is 18.8 Å². The van der Waals surface area contributed by atoms with Crippen LogP contribution in [-0.4, -0.2) is 37.0 Å². The van der Waals surface area contributed by atoms with Gasteiger partial charge >= 0.3 is 0 Å². The Balaban J connectivity index is 1.39. The van der Waals surface area contributed by atoms with Crippen molar-refractivity contribution in [3.63, 3.8) is 0 Å². The summed E-state index contributed by atoms with van der Waals surface area (Å²) in [6, 6.07) is 15.1. The molecule has 4 rings (SSSR count). The zero-order valence-corrected chi connectivity index (χ0v) is 17.4. The van der Waals surface area contributed by atoms with Crippen LogP contribution in [0.4, 0.5) is 4.39 Å². The van der Waals surface area contributed by atoms with E-state index < -0.39 is 11.5 Å². The highest BCUT2D eigenvalue weighted by Gasteiger charge is 2.09. The first-order valence-electron chi connectivity index (χ1n) is 10.1. The standard InChI is InChI=1S/C23H19FN6O3/c24-18-5-3-16(4-6-18)19-7-9-22(32)29(27-19)13-12-26-21(31)15-30-23(33)10-8-20(28-30)17-2-1-11-25-14-17/h1-11,14H,12-13,15H2,(H,26,31). The zero-order chi connectivity index (χ0) is 23.2. The summed E-state index contributed by atoms with van der Waals surface area (Å²) in [7, 11) is 0. The monoisotopic (exact) mass is 446 g/mol. The minimum absolute atomic E-state index is 0.121. The number of aromatic nitrogens is 5. The van der Waals surface area contributed by atoms with Gasteiger partial charge in [-0.05, 0) is 48.5 Å². The van der Waals surface area contributed by atoms with Crippen molar-refractivity contribution >= 4 is 5.91 Å². The molecule has 0 radical (unpaired) electrons. The molecule has 33 heavy (non-hydrogen) atoms. The predicted molar refractivity (Wildman–Crippen MR) is 119 cm³/mol. The molecular weight excluding hydrogens is 427 g/mol. The number of benzene rings is 1. The van der Waals surface area contributed by atoms with Crippen LogP contribution < -0.4 is 16.4 Å². The van der Waals surface area contributed by atoms with Gasteiger partial charge in [0.15, 0.2) is 0 Å². The van der Waals surface area contributed by atoms with Crippen LogP contribution in [0.25, 0.3) is 22.5 Å². The molecular formula is C23H19FN6O3. The van der Waals surface area contributed by atoms with Gasteiger partial charge in [-0.3, -0.25) is 19.4 Å². The highest BCUT2D eigenvalue weighted by Crippen LogP contribution is 2.15. The van der Waals surface area contributed by atoms with Gasteiger partial charge in [-0.25, -0.2) is 13.8 Å². The van der Waals surface area contributed by atoms with Crippen molar-refractivity contribution in [2.24, 2.45) is 0 Å². The lowest BCUT2D eigenvalue weighted by Gasteiger charge is -2.10. The van der Waals surface area contributed by atoms with E-state index in [1.807, 2.05) is 0 Å². The normalized spacial score (nSPS) is 10.7. The van der Waals surface area contributed by atoms with Crippen LogP contribution >= 0.6 is 0 Å². The number of hydrogen-bond donors (Lipinski definition) is 1. The Morgan fingerprint density at radius 2 is 1.52 bits per heavy atom. The summed E-state index contributed by atoms with van der Waals surface area (Å²) in [5.41, 5.74) is 1.65. The smallest absolute Gasteiger partial charge is 0.267 e. The zero-order valence-electron chi connectivity index (χ0n) is 17.4. The lowest BCUT2D eigenvalue weighted by molar-refractivity contribution is -0.121. The van der Waals surface area contributed by atoms with E-state index in [1.54, 1.807) is 48.8 Å². The highest BCUT2D eigenvalue weighted by molar-refractivity contribution is 5.75. The number of carbonyl (C=O) groups excluding carboxylic acids is 1. The Kier molecular flexibility index (Phi) is 6.44. The van der Waals surface area contributed by atoms with Crippen LogP contribution in [0.15, 0.2) is 82.6 Å². The van der Waals surface area contributed by atoms with Gasteiger partial charge in [0, 0.05) is 42.2 Å². The predicted octanol–water partition coefficient (Wildman–Crippen LogP) is 1.48. The van der Waals surface area contributed by atoms with Crippen molar-refractivity contribution in [1.29, 1.82) is 0 Å². The molecule has 166 valence electrons. The molecule has 9 nitrogen and oxygen atoms in total. The molecule has 0 aliphatic carbocycles. The molecule has 0 saturated carbocycles. The van der Waals surface area contributed by atoms with Gasteiger partial charge in [-0.1, -0.05) is 0 Å². The number of hydrogen-bond acceptors (Lipinski definition) is 6. The van der Waals surface area contributed by atoms with Gasteiger partial charge in [0.25, 0.3) is 11.1 Å². The van der Waals surface area contributed by atoms with E-state index in [-0.39, 0.29) is 31.0 Å². The minimum Gasteiger partial charge on any atom is -0.353 e. The third kappa shape index (κ3) is 5.42. The van der Waals surface area contributed by atoms with E-state index in [0.29, 0.717) is 17.0 Å². The molecule has 0 atom stereocenters. The van der Waals surface area contributed by atoms with Gasteiger partial charge in [0.1, 0.15) is 12.4 Å². The maximum absolute atomic E-state index is 13.1. The second-order valence-electron chi connectivity index (χ2n) is 7.09. The quantitative estimate of drug-likeness (QED) is 0.460. The van der Waals surface area contributed by atoms with E-state index >= 15 is 0 Å². The average Bonchev–Trinajstić information content (AvgIpc) is 2.83. The molecule has 10 heteroatoms. The van der Waals surface area contributed by atoms with Crippen molar-refractivity contribution in [3.05, 3.63) is 99.6 Å². The van der Waals surface area contributed by atoms with Gasteiger partial charge in [0.2, 0.25) is 5.91 Å². The van der Waals surface area contributed by atoms with Gasteiger partial charge in [0.05, 0.1) is 17.9 Å². The van der Waals surface area contributed by atoms with E-state index in [2.05, 4.69) is 20.5 Å². The number of carbonyl (C=O) groups is 1. The highest BCUT2D eigenvalue weighted by atomic mass is 19.1. The number of halogens is 1. The number of nitrogens with zero attached hydrogens (tertiary/aromatic N) is 5. The molecule has 3 aromatic heterocycles. The van der Waals surface area contributed by atoms with Gasteiger partial charge in [-0.2, -0.15) is 10.2 Å². The Hall–Kier alpha value is -4.47. The molecule has 0 saturated heterocycles. The van der Waals surface area contributed by atoms with Crippen LogP contribution in [-0.2, 0) is 17.9 Å². The molecule has 3 heterocycles. The summed E-state index contributed by atoms with van der Waals surface area (Å²) in [5.74, 6) is -0.801. The second kappa shape index (κ2) is 9.77. The molecule has 0 unspecified atom stereocenters.